The number of nitrogens with one attached hydrogen (secondary N) is 2. The summed E-state index contributed by atoms with van der Waals surface area (Å²) in [6, 6.07) is 13.2. The molecule has 0 fully saturated rings. The number of rotatable bonds is 3. The largest absolute Gasteiger partial charge is 0.350 e. The van der Waals surface area contributed by atoms with Crippen molar-refractivity contribution in [2.75, 3.05) is 5.32 Å². The fourth-order valence-corrected chi connectivity index (χ4v) is 3.46. The minimum absolute atomic E-state index is 0.153. The van der Waals surface area contributed by atoms with Crippen molar-refractivity contribution in [2.45, 2.75) is 13.5 Å². The Hall–Kier alpha value is -2.93. The van der Waals surface area contributed by atoms with Crippen LogP contribution in [0, 0.1) is 6.92 Å². The second kappa shape index (κ2) is 6.42. The number of fused-ring (bicyclic) bond motifs is 3. The van der Waals surface area contributed by atoms with Crippen LogP contribution in [0.5, 0.6) is 0 Å². The van der Waals surface area contributed by atoms with Crippen molar-refractivity contribution >= 4 is 49.3 Å². The van der Waals surface area contributed by atoms with E-state index in [2.05, 4.69) is 31.3 Å². The van der Waals surface area contributed by atoms with Crippen molar-refractivity contribution in [2.24, 2.45) is 0 Å². The number of H-pyrrole nitrogens is 1. The number of hydrogen-bond donors (Lipinski definition) is 2. The molecule has 6 nitrogen and oxygen atoms in total. The van der Waals surface area contributed by atoms with Crippen LogP contribution >= 0.6 is 15.9 Å². The second-order valence-electron chi connectivity index (χ2n) is 6.07. The van der Waals surface area contributed by atoms with Gasteiger partial charge in [0.1, 0.15) is 12.1 Å². The normalized spacial score (nSPS) is 11.2. The van der Waals surface area contributed by atoms with Gasteiger partial charge in [0.15, 0.2) is 0 Å². The van der Waals surface area contributed by atoms with Crippen LogP contribution in [0.25, 0.3) is 21.8 Å². The van der Waals surface area contributed by atoms with Gasteiger partial charge in [-0.25, -0.2) is 4.68 Å². The maximum atomic E-state index is 12.7. The van der Waals surface area contributed by atoms with E-state index < -0.39 is 0 Å². The Labute approximate surface area is 157 Å². The summed E-state index contributed by atoms with van der Waals surface area (Å²) in [5.74, 6) is -0.305. The first-order valence-corrected chi connectivity index (χ1v) is 8.85. The number of aromatic nitrogens is 3. The molecule has 0 radical (unpaired) electrons. The molecular formula is C19H15BrN4O2. The predicted molar refractivity (Wildman–Crippen MR) is 105 cm³/mol. The lowest BCUT2D eigenvalue weighted by Gasteiger charge is -2.09. The van der Waals surface area contributed by atoms with Gasteiger partial charge in [0.2, 0.25) is 5.91 Å². The number of aryl methyl sites for hydroxylation is 1. The molecule has 0 bridgehead atoms. The standard InChI is InChI=1S/C19H15BrN4O2/c1-11-8-12(20)6-7-15(11)22-17(25)10-24-19(26)18-14(9-21-24)13-4-2-3-5-16(13)23-18/h2-9,23H,10H2,1H3,(H,22,25). The molecule has 0 unspecified atom stereocenters. The molecule has 130 valence electrons. The van der Waals surface area contributed by atoms with Gasteiger partial charge in [0.25, 0.3) is 5.56 Å². The van der Waals surface area contributed by atoms with E-state index in [0.717, 1.165) is 26.3 Å². The number of halogens is 1. The Morgan fingerprint density at radius 3 is 2.85 bits per heavy atom. The quantitative estimate of drug-likeness (QED) is 0.541. The topological polar surface area (TPSA) is 79.8 Å². The van der Waals surface area contributed by atoms with Gasteiger partial charge in [0.05, 0.1) is 6.20 Å². The lowest BCUT2D eigenvalue weighted by molar-refractivity contribution is -0.117. The van der Waals surface area contributed by atoms with E-state index in [1.165, 1.54) is 4.68 Å². The molecule has 0 saturated carbocycles. The lowest BCUT2D eigenvalue weighted by atomic mass is 10.2. The molecule has 2 N–H and O–H groups in total. The van der Waals surface area contributed by atoms with E-state index in [-0.39, 0.29) is 18.0 Å². The molecular weight excluding hydrogens is 396 g/mol. The van der Waals surface area contributed by atoms with Crippen molar-refractivity contribution in [3.05, 3.63) is 69.1 Å². The molecule has 2 heterocycles. The summed E-state index contributed by atoms with van der Waals surface area (Å²) < 4.78 is 2.11. The third-order valence-corrected chi connectivity index (χ3v) is 4.77. The smallest absolute Gasteiger partial charge is 0.291 e. The Balaban J connectivity index is 1.64. The van der Waals surface area contributed by atoms with Crippen LogP contribution in [-0.2, 0) is 11.3 Å². The minimum atomic E-state index is -0.318. The Kier molecular flexibility index (Phi) is 4.08. The van der Waals surface area contributed by atoms with Crippen LogP contribution in [0.1, 0.15) is 5.56 Å². The SMILES string of the molecule is Cc1cc(Br)ccc1NC(=O)Cn1ncc2c([nH]c3ccccc32)c1=O. The Bertz CT molecular complexity index is 1210. The van der Waals surface area contributed by atoms with Gasteiger partial charge >= 0.3 is 0 Å². The summed E-state index contributed by atoms with van der Waals surface area (Å²) in [5, 5.41) is 8.68. The third kappa shape index (κ3) is 2.90. The minimum Gasteiger partial charge on any atom is -0.350 e. The summed E-state index contributed by atoms with van der Waals surface area (Å²) >= 11 is 3.39. The first kappa shape index (κ1) is 16.5. The summed E-state index contributed by atoms with van der Waals surface area (Å²) in [4.78, 5) is 28.1. The van der Waals surface area contributed by atoms with E-state index in [4.69, 9.17) is 0 Å². The summed E-state index contributed by atoms with van der Waals surface area (Å²) in [6.45, 7) is 1.75. The van der Waals surface area contributed by atoms with Crippen LogP contribution in [0.15, 0.2) is 57.9 Å². The molecule has 4 aromatic rings. The molecule has 1 amide bonds. The van der Waals surface area contributed by atoms with E-state index in [1.807, 2.05) is 49.4 Å². The number of nitrogens with zero attached hydrogens (tertiary/aromatic N) is 2. The molecule has 0 spiro atoms. The number of benzene rings is 2. The average Bonchev–Trinajstić information content (AvgIpc) is 2.99. The molecule has 0 aliphatic carbocycles. The highest BCUT2D eigenvalue weighted by Crippen LogP contribution is 2.22. The molecule has 7 heteroatoms. The van der Waals surface area contributed by atoms with E-state index in [1.54, 1.807) is 6.20 Å². The Morgan fingerprint density at radius 2 is 2.04 bits per heavy atom. The van der Waals surface area contributed by atoms with Gasteiger partial charge < -0.3 is 10.3 Å². The second-order valence-corrected chi connectivity index (χ2v) is 6.99. The highest BCUT2D eigenvalue weighted by atomic mass is 79.9. The highest BCUT2D eigenvalue weighted by Gasteiger charge is 2.13. The number of amides is 1. The van der Waals surface area contributed by atoms with E-state index in [9.17, 15) is 9.59 Å². The number of para-hydroxylation sites is 1. The van der Waals surface area contributed by atoms with E-state index >= 15 is 0 Å². The fourth-order valence-electron chi connectivity index (χ4n) is 2.98. The summed E-state index contributed by atoms with van der Waals surface area (Å²) in [6.07, 6.45) is 1.62. The zero-order valence-corrected chi connectivity index (χ0v) is 15.5. The van der Waals surface area contributed by atoms with Gasteiger partial charge in [-0.05, 0) is 36.8 Å². The lowest BCUT2D eigenvalue weighted by Crippen LogP contribution is -2.29. The van der Waals surface area contributed by atoms with Crippen LogP contribution in [0.2, 0.25) is 0 Å². The van der Waals surface area contributed by atoms with Gasteiger partial charge in [0, 0.05) is 26.4 Å². The maximum Gasteiger partial charge on any atom is 0.291 e. The predicted octanol–water partition coefficient (Wildman–Crippen LogP) is 3.59. The molecule has 0 aliphatic rings. The van der Waals surface area contributed by atoms with Crippen LogP contribution < -0.4 is 10.9 Å². The summed E-state index contributed by atoms with van der Waals surface area (Å²) in [7, 11) is 0. The monoisotopic (exact) mass is 410 g/mol. The first-order chi connectivity index (χ1) is 12.5. The van der Waals surface area contributed by atoms with Crippen molar-refractivity contribution in [1.29, 1.82) is 0 Å². The molecule has 0 atom stereocenters. The first-order valence-electron chi connectivity index (χ1n) is 8.05. The number of anilines is 1. The van der Waals surface area contributed by atoms with Gasteiger partial charge in [-0.3, -0.25) is 9.59 Å². The van der Waals surface area contributed by atoms with Gasteiger partial charge in [-0.2, -0.15) is 5.10 Å². The Morgan fingerprint density at radius 1 is 1.23 bits per heavy atom. The molecule has 0 aliphatic heterocycles. The van der Waals surface area contributed by atoms with Crippen LogP contribution in [-0.4, -0.2) is 20.7 Å². The highest BCUT2D eigenvalue weighted by molar-refractivity contribution is 9.10. The fraction of sp³-hybridized carbons (Fsp3) is 0.105. The number of carbonyl (C=O) groups is 1. The molecule has 4 rings (SSSR count). The van der Waals surface area contributed by atoms with Crippen molar-refractivity contribution in [3.63, 3.8) is 0 Å². The zero-order chi connectivity index (χ0) is 18.3. The van der Waals surface area contributed by atoms with Crippen molar-refractivity contribution in [3.8, 4) is 0 Å². The molecule has 0 saturated heterocycles. The van der Waals surface area contributed by atoms with Crippen molar-refractivity contribution in [1.82, 2.24) is 14.8 Å². The molecule has 2 aromatic carbocycles. The van der Waals surface area contributed by atoms with E-state index in [0.29, 0.717) is 11.2 Å². The van der Waals surface area contributed by atoms with Crippen LogP contribution in [0.4, 0.5) is 5.69 Å². The van der Waals surface area contributed by atoms with Crippen molar-refractivity contribution < 1.29 is 4.79 Å². The molecule has 2 aromatic heterocycles. The number of hydrogen-bond acceptors (Lipinski definition) is 3. The summed E-state index contributed by atoms with van der Waals surface area (Å²) in [5.41, 5.74) is 2.64. The van der Waals surface area contributed by atoms with Gasteiger partial charge in [-0.1, -0.05) is 34.1 Å². The number of aromatic amines is 1. The third-order valence-electron chi connectivity index (χ3n) is 4.28. The zero-order valence-electron chi connectivity index (χ0n) is 13.9. The van der Waals surface area contributed by atoms with Crippen LogP contribution in [0.3, 0.4) is 0 Å². The van der Waals surface area contributed by atoms with Gasteiger partial charge in [-0.15, -0.1) is 0 Å². The number of carbonyl (C=O) groups excluding carboxylic acids is 1. The maximum absolute atomic E-state index is 12.7. The average molecular weight is 411 g/mol. The molecule has 26 heavy (non-hydrogen) atoms.